The van der Waals surface area contributed by atoms with Crippen LogP contribution in [0.25, 0.3) is 0 Å². The Morgan fingerprint density at radius 3 is 2.56 bits per heavy atom. The molecular formula is C17H13F2N3O3. The number of rotatable bonds is 4. The Morgan fingerprint density at radius 2 is 1.96 bits per heavy atom. The Balaban J connectivity index is 1.69. The first-order chi connectivity index (χ1) is 11.9. The fourth-order valence-electron chi connectivity index (χ4n) is 2.24. The molecule has 0 unspecified atom stereocenters. The minimum absolute atomic E-state index is 0.0673. The molecule has 1 aromatic carbocycles. The van der Waals surface area contributed by atoms with Gasteiger partial charge in [0.1, 0.15) is 17.8 Å². The second kappa shape index (κ2) is 6.68. The van der Waals surface area contributed by atoms with Gasteiger partial charge < -0.3 is 9.73 Å². The highest BCUT2D eigenvalue weighted by Crippen LogP contribution is 2.14. The topological polar surface area (TPSA) is 77.1 Å². The SMILES string of the molecule is Cn1c(C(=O)Nc2ccc(Cc3ccc(F)c(F)c3)cn2)coc1=O. The third-order valence-electron chi connectivity index (χ3n) is 3.60. The number of benzene rings is 1. The second-order valence-corrected chi connectivity index (χ2v) is 5.38. The van der Waals surface area contributed by atoms with E-state index >= 15 is 0 Å². The van der Waals surface area contributed by atoms with Gasteiger partial charge in [0.05, 0.1) is 0 Å². The van der Waals surface area contributed by atoms with Crippen molar-refractivity contribution in [2.45, 2.75) is 6.42 Å². The molecule has 0 fully saturated rings. The zero-order chi connectivity index (χ0) is 18.0. The van der Waals surface area contributed by atoms with Crippen LogP contribution in [0.2, 0.25) is 0 Å². The van der Waals surface area contributed by atoms with Crippen molar-refractivity contribution in [1.29, 1.82) is 0 Å². The Labute approximate surface area is 140 Å². The number of amides is 1. The van der Waals surface area contributed by atoms with Gasteiger partial charge in [0.2, 0.25) is 0 Å². The number of oxazole rings is 1. The summed E-state index contributed by atoms with van der Waals surface area (Å²) in [6.45, 7) is 0. The van der Waals surface area contributed by atoms with Crippen molar-refractivity contribution < 1.29 is 18.0 Å². The van der Waals surface area contributed by atoms with E-state index in [1.54, 1.807) is 12.1 Å². The first-order valence-corrected chi connectivity index (χ1v) is 7.29. The van der Waals surface area contributed by atoms with Crippen molar-refractivity contribution in [1.82, 2.24) is 9.55 Å². The van der Waals surface area contributed by atoms with E-state index in [-0.39, 0.29) is 11.5 Å². The van der Waals surface area contributed by atoms with Gasteiger partial charge in [-0.25, -0.2) is 18.6 Å². The fraction of sp³-hybridized carbons (Fsp3) is 0.118. The molecule has 128 valence electrons. The number of anilines is 1. The normalized spacial score (nSPS) is 10.7. The standard InChI is InChI=1S/C17H13F2N3O3/c1-22-14(9-25-17(22)24)16(23)21-15-5-3-11(8-20-15)6-10-2-4-12(18)13(19)7-10/h2-5,7-9H,6H2,1H3,(H,20,21,23). The third kappa shape index (κ3) is 3.63. The van der Waals surface area contributed by atoms with Gasteiger partial charge in [-0.05, 0) is 35.7 Å². The molecule has 0 saturated heterocycles. The summed E-state index contributed by atoms with van der Waals surface area (Å²) in [6.07, 6.45) is 2.95. The highest BCUT2D eigenvalue weighted by molar-refractivity contribution is 6.02. The maximum absolute atomic E-state index is 13.2. The number of nitrogens with zero attached hydrogens (tertiary/aromatic N) is 2. The number of carbonyl (C=O) groups excluding carboxylic acids is 1. The predicted octanol–water partition coefficient (Wildman–Crippen LogP) is 2.49. The Morgan fingerprint density at radius 1 is 1.20 bits per heavy atom. The van der Waals surface area contributed by atoms with E-state index in [1.807, 2.05) is 0 Å². The van der Waals surface area contributed by atoms with Crippen LogP contribution in [-0.2, 0) is 13.5 Å². The van der Waals surface area contributed by atoms with Gasteiger partial charge in [-0.1, -0.05) is 12.1 Å². The van der Waals surface area contributed by atoms with Gasteiger partial charge in [-0.3, -0.25) is 9.36 Å². The number of carbonyl (C=O) groups is 1. The zero-order valence-electron chi connectivity index (χ0n) is 13.1. The average molecular weight is 345 g/mol. The predicted molar refractivity (Wildman–Crippen MR) is 85.3 cm³/mol. The van der Waals surface area contributed by atoms with Crippen molar-refractivity contribution in [3.05, 3.63) is 81.8 Å². The van der Waals surface area contributed by atoms with E-state index in [0.29, 0.717) is 12.0 Å². The number of halogens is 2. The second-order valence-electron chi connectivity index (χ2n) is 5.38. The molecule has 6 nitrogen and oxygen atoms in total. The minimum Gasteiger partial charge on any atom is -0.415 e. The van der Waals surface area contributed by atoms with Crippen LogP contribution < -0.4 is 11.1 Å². The molecule has 1 amide bonds. The first kappa shape index (κ1) is 16.6. The van der Waals surface area contributed by atoms with E-state index in [1.165, 1.54) is 19.3 Å². The third-order valence-corrected chi connectivity index (χ3v) is 3.60. The molecule has 0 aliphatic carbocycles. The molecule has 3 rings (SSSR count). The summed E-state index contributed by atoms with van der Waals surface area (Å²) in [6, 6.07) is 6.98. The number of hydrogen-bond donors (Lipinski definition) is 1. The molecule has 0 atom stereocenters. The highest BCUT2D eigenvalue weighted by Gasteiger charge is 2.14. The molecule has 0 aliphatic rings. The molecule has 3 aromatic rings. The van der Waals surface area contributed by atoms with E-state index in [9.17, 15) is 18.4 Å². The Bertz CT molecular complexity index is 978. The largest absolute Gasteiger partial charge is 0.419 e. The van der Waals surface area contributed by atoms with Crippen LogP contribution in [-0.4, -0.2) is 15.5 Å². The van der Waals surface area contributed by atoms with Crippen molar-refractivity contribution in [3.8, 4) is 0 Å². The van der Waals surface area contributed by atoms with E-state index in [4.69, 9.17) is 0 Å². The van der Waals surface area contributed by atoms with Crippen molar-refractivity contribution >= 4 is 11.7 Å². The molecule has 2 aromatic heterocycles. The molecule has 8 heteroatoms. The van der Waals surface area contributed by atoms with Gasteiger partial charge in [0, 0.05) is 13.2 Å². The van der Waals surface area contributed by atoms with Crippen LogP contribution in [0.4, 0.5) is 14.6 Å². The molecule has 0 spiro atoms. The lowest BCUT2D eigenvalue weighted by atomic mass is 10.1. The average Bonchev–Trinajstić information content (AvgIpc) is 2.92. The van der Waals surface area contributed by atoms with Crippen LogP contribution in [0.5, 0.6) is 0 Å². The highest BCUT2D eigenvalue weighted by atomic mass is 19.2. The molecule has 1 N–H and O–H groups in total. The number of hydrogen-bond acceptors (Lipinski definition) is 4. The van der Waals surface area contributed by atoms with Gasteiger partial charge in [0.25, 0.3) is 5.91 Å². The zero-order valence-corrected chi connectivity index (χ0v) is 13.1. The van der Waals surface area contributed by atoms with Crippen LogP contribution in [0.1, 0.15) is 21.6 Å². The van der Waals surface area contributed by atoms with Crippen LogP contribution in [0, 0.1) is 11.6 Å². The summed E-state index contributed by atoms with van der Waals surface area (Å²) in [4.78, 5) is 27.4. The fourth-order valence-corrected chi connectivity index (χ4v) is 2.24. The monoisotopic (exact) mass is 345 g/mol. The number of aromatic nitrogens is 2. The molecule has 0 saturated carbocycles. The van der Waals surface area contributed by atoms with Crippen molar-refractivity contribution in [3.63, 3.8) is 0 Å². The lowest BCUT2D eigenvalue weighted by Gasteiger charge is -2.06. The first-order valence-electron chi connectivity index (χ1n) is 7.29. The van der Waals surface area contributed by atoms with Crippen molar-refractivity contribution in [2.24, 2.45) is 7.05 Å². The summed E-state index contributed by atoms with van der Waals surface area (Å²) < 4.78 is 31.8. The Kier molecular flexibility index (Phi) is 4.42. The molecule has 0 aliphatic heterocycles. The van der Waals surface area contributed by atoms with Gasteiger partial charge in [0.15, 0.2) is 11.6 Å². The Hall–Kier alpha value is -3.29. The number of nitrogens with one attached hydrogen (secondary N) is 1. The van der Waals surface area contributed by atoms with Gasteiger partial charge in [-0.2, -0.15) is 0 Å². The molecular weight excluding hydrogens is 332 g/mol. The lowest BCUT2D eigenvalue weighted by Crippen LogP contribution is -2.20. The smallest absolute Gasteiger partial charge is 0.415 e. The maximum atomic E-state index is 13.2. The summed E-state index contributed by atoms with van der Waals surface area (Å²) in [5.74, 6) is -2.68. The van der Waals surface area contributed by atoms with E-state index in [0.717, 1.165) is 28.5 Å². The molecule has 25 heavy (non-hydrogen) atoms. The van der Waals surface area contributed by atoms with E-state index < -0.39 is 23.3 Å². The lowest BCUT2D eigenvalue weighted by molar-refractivity contribution is 0.101. The molecule has 0 bridgehead atoms. The number of pyridine rings is 1. The minimum atomic E-state index is -0.903. The summed E-state index contributed by atoms with van der Waals surface area (Å²) in [5.41, 5.74) is 1.43. The van der Waals surface area contributed by atoms with Gasteiger partial charge in [-0.15, -0.1) is 0 Å². The summed E-state index contributed by atoms with van der Waals surface area (Å²) >= 11 is 0. The van der Waals surface area contributed by atoms with Crippen molar-refractivity contribution in [2.75, 3.05) is 5.32 Å². The summed E-state index contributed by atoms with van der Waals surface area (Å²) in [5, 5.41) is 2.54. The molecule has 0 radical (unpaired) electrons. The van der Waals surface area contributed by atoms with Crippen LogP contribution in [0.3, 0.4) is 0 Å². The van der Waals surface area contributed by atoms with Gasteiger partial charge >= 0.3 is 5.76 Å². The van der Waals surface area contributed by atoms with E-state index in [2.05, 4.69) is 14.7 Å². The van der Waals surface area contributed by atoms with Crippen LogP contribution in [0.15, 0.2) is 52.0 Å². The quantitative estimate of drug-likeness (QED) is 0.788. The van der Waals surface area contributed by atoms with Crippen LogP contribution >= 0.6 is 0 Å². The molecule has 2 heterocycles. The maximum Gasteiger partial charge on any atom is 0.419 e. The summed E-state index contributed by atoms with van der Waals surface area (Å²) in [7, 11) is 1.42.